The van der Waals surface area contributed by atoms with Crippen LogP contribution in [-0.2, 0) is 6.42 Å². The van der Waals surface area contributed by atoms with Crippen LogP contribution in [0.15, 0.2) is 65.6 Å². The van der Waals surface area contributed by atoms with Gasteiger partial charge < -0.3 is 5.32 Å². The van der Waals surface area contributed by atoms with Crippen molar-refractivity contribution in [1.29, 1.82) is 0 Å². The number of anilines is 1. The molecule has 152 valence electrons. The fourth-order valence-corrected chi connectivity index (χ4v) is 4.09. The monoisotopic (exact) mass is 420 g/mol. The molecule has 0 aliphatic heterocycles. The Kier molecular flexibility index (Phi) is 5.08. The number of nitrogens with one attached hydrogen (secondary N) is 1. The van der Waals surface area contributed by atoms with Crippen molar-refractivity contribution in [3.05, 3.63) is 92.9 Å². The van der Waals surface area contributed by atoms with E-state index >= 15 is 0 Å². The molecule has 2 aromatic carbocycles. The fourth-order valence-electron chi connectivity index (χ4n) is 3.91. The molecule has 0 atom stereocenters. The van der Waals surface area contributed by atoms with Crippen LogP contribution in [0.25, 0.3) is 5.69 Å². The first-order valence-electron chi connectivity index (χ1n) is 9.70. The molecule has 1 aliphatic carbocycles. The van der Waals surface area contributed by atoms with Crippen LogP contribution in [-0.4, -0.2) is 16.3 Å². The molecule has 0 saturated carbocycles. The highest BCUT2D eigenvalue weighted by Gasteiger charge is 2.36. The van der Waals surface area contributed by atoms with Crippen molar-refractivity contribution in [2.45, 2.75) is 26.7 Å². The quantitative estimate of drug-likeness (QED) is 0.655. The number of hydrogen-bond donors (Lipinski definition) is 1. The predicted octanol–water partition coefficient (Wildman–Crippen LogP) is 4.90. The van der Waals surface area contributed by atoms with Crippen molar-refractivity contribution < 1.29 is 9.59 Å². The summed E-state index contributed by atoms with van der Waals surface area (Å²) in [5, 5.41) is 3.11. The highest BCUT2D eigenvalue weighted by atomic mass is 35.5. The van der Waals surface area contributed by atoms with Gasteiger partial charge in [0, 0.05) is 23.9 Å². The minimum atomic E-state index is -0.569. The minimum Gasteiger partial charge on any atom is -0.320 e. The molecule has 0 unspecified atom stereocenters. The van der Waals surface area contributed by atoms with Crippen LogP contribution >= 0.6 is 11.6 Å². The Morgan fingerprint density at radius 2 is 1.67 bits per heavy atom. The summed E-state index contributed by atoms with van der Waals surface area (Å²) in [5.41, 5.74) is 1.10. The molecule has 6 heteroatoms. The highest BCUT2D eigenvalue weighted by Crippen LogP contribution is 2.36. The van der Waals surface area contributed by atoms with E-state index in [-0.39, 0.29) is 16.8 Å². The number of rotatable bonds is 3. The molecule has 5 nitrogen and oxygen atoms in total. The van der Waals surface area contributed by atoms with E-state index in [1.807, 2.05) is 19.9 Å². The third-order valence-electron chi connectivity index (χ3n) is 5.30. The van der Waals surface area contributed by atoms with E-state index in [1.165, 1.54) is 4.57 Å². The Labute approximate surface area is 179 Å². The van der Waals surface area contributed by atoms with Crippen molar-refractivity contribution in [1.82, 2.24) is 4.57 Å². The lowest BCUT2D eigenvalue weighted by molar-refractivity contribution is 0.0910. The molecule has 1 amide bonds. The van der Waals surface area contributed by atoms with E-state index in [0.717, 1.165) is 0 Å². The van der Waals surface area contributed by atoms with Crippen molar-refractivity contribution in [2.24, 2.45) is 5.41 Å². The van der Waals surface area contributed by atoms with Gasteiger partial charge in [0.25, 0.3) is 11.5 Å². The molecule has 4 rings (SSSR count). The van der Waals surface area contributed by atoms with Gasteiger partial charge in [-0.3, -0.25) is 19.0 Å². The molecule has 0 fully saturated rings. The first kappa shape index (κ1) is 20.1. The number of pyridine rings is 1. The lowest BCUT2D eigenvalue weighted by atomic mass is 9.73. The second kappa shape index (κ2) is 7.58. The normalized spacial score (nSPS) is 14.8. The van der Waals surface area contributed by atoms with Gasteiger partial charge in [0.15, 0.2) is 5.78 Å². The zero-order valence-electron chi connectivity index (χ0n) is 16.7. The lowest BCUT2D eigenvalue weighted by Crippen LogP contribution is -2.37. The van der Waals surface area contributed by atoms with Crippen molar-refractivity contribution >= 4 is 29.0 Å². The number of aromatic nitrogens is 1. The molecule has 1 N–H and O–H groups in total. The summed E-state index contributed by atoms with van der Waals surface area (Å²) in [6.45, 7) is 3.93. The van der Waals surface area contributed by atoms with Crippen LogP contribution in [0.1, 0.15) is 46.5 Å². The van der Waals surface area contributed by atoms with Crippen molar-refractivity contribution in [3.8, 4) is 5.69 Å². The zero-order valence-corrected chi connectivity index (χ0v) is 17.5. The Morgan fingerprint density at radius 3 is 2.37 bits per heavy atom. The molecular formula is C24H21ClN2O3. The summed E-state index contributed by atoms with van der Waals surface area (Å²) in [5.74, 6) is -0.641. The number of fused-ring (bicyclic) bond motifs is 1. The van der Waals surface area contributed by atoms with Gasteiger partial charge >= 0.3 is 0 Å². The molecule has 0 bridgehead atoms. The predicted molar refractivity (Wildman–Crippen MR) is 118 cm³/mol. The number of carbonyl (C=O) groups is 2. The number of ketones is 1. The van der Waals surface area contributed by atoms with E-state index in [4.69, 9.17) is 11.6 Å². The number of amides is 1. The number of benzene rings is 2. The molecule has 0 saturated heterocycles. The van der Waals surface area contributed by atoms with Crippen molar-refractivity contribution in [2.75, 3.05) is 5.32 Å². The topological polar surface area (TPSA) is 68.2 Å². The molecule has 1 heterocycles. The number of nitrogens with zero attached hydrogens (tertiary/aromatic N) is 1. The van der Waals surface area contributed by atoms with Crippen LogP contribution in [0.5, 0.6) is 0 Å². The first-order chi connectivity index (χ1) is 14.3. The SMILES string of the molecule is CC1(C)CC(=O)c2cn(-c3ccccc3)c(=O)c(C(=O)Nc3ccccc3Cl)c2C1. The summed E-state index contributed by atoms with van der Waals surface area (Å²) < 4.78 is 1.37. The molecule has 1 aliphatic rings. The van der Waals surface area contributed by atoms with E-state index in [0.29, 0.717) is 40.4 Å². The standard InChI is InChI=1S/C24H21ClN2O3/c1-24(2)12-16-17(20(28)13-24)14-27(15-8-4-3-5-9-15)23(30)21(16)22(29)26-19-11-7-6-10-18(19)25/h3-11,14H,12-13H2,1-2H3,(H,26,29). The second-order valence-corrected chi connectivity index (χ2v) is 8.69. The molecular weight excluding hydrogens is 400 g/mol. The maximum Gasteiger partial charge on any atom is 0.268 e. The number of hydrogen-bond acceptors (Lipinski definition) is 3. The average molecular weight is 421 g/mol. The van der Waals surface area contributed by atoms with Crippen molar-refractivity contribution in [3.63, 3.8) is 0 Å². The second-order valence-electron chi connectivity index (χ2n) is 8.28. The molecule has 3 aromatic rings. The first-order valence-corrected chi connectivity index (χ1v) is 10.1. The van der Waals surface area contributed by atoms with Gasteiger partial charge in [0.05, 0.1) is 10.7 Å². The van der Waals surface area contributed by atoms with Gasteiger partial charge in [0.2, 0.25) is 0 Å². The number of carbonyl (C=O) groups excluding carboxylic acids is 2. The van der Waals surface area contributed by atoms with Gasteiger partial charge in [-0.05, 0) is 41.7 Å². The Bertz CT molecular complexity index is 1210. The summed E-state index contributed by atoms with van der Waals surface area (Å²) in [6, 6.07) is 15.8. The van der Waals surface area contributed by atoms with E-state index < -0.39 is 11.5 Å². The summed E-state index contributed by atoms with van der Waals surface area (Å²) in [4.78, 5) is 39.6. The lowest BCUT2D eigenvalue weighted by Gasteiger charge is -2.31. The summed E-state index contributed by atoms with van der Waals surface area (Å²) in [6.07, 6.45) is 2.39. The van der Waals surface area contributed by atoms with Gasteiger partial charge in [-0.1, -0.05) is 55.8 Å². The number of Topliss-reactive ketones (excluding diaryl/α,β-unsaturated/α-hetero) is 1. The van der Waals surface area contributed by atoms with Gasteiger partial charge in [-0.15, -0.1) is 0 Å². The number of para-hydroxylation sites is 2. The van der Waals surface area contributed by atoms with E-state index in [9.17, 15) is 14.4 Å². The fraction of sp³-hybridized carbons (Fsp3) is 0.208. The van der Waals surface area contributed by atoms with Crippen LogP contribution in [0.3, 0.4) is 0 Å². The molecule has 0 spiro atoms. The largest absolute Gasteiger partial charge is 0.320 e. The molecule has 0 radical (unpaired) electrons. The average Bonchev–Trinajstić information content (AvgIpc) is 2.69. The van der Waals surface area contributed by atoms with Crippen LogP contribution in [0, 0.1) is 5.41 Å². The van der Waals surface area contributed by atoms with Gasteiger partial charge in [0.1, 0.15) is 5.56 Å². The maximum atomic E-state index is 13.4. The van der Waals surface area contributed by atoms with Crippen LogP contribution in [0.2, 0.25) is 5.02 Å². The summed E-state index contributed by atoms with van der Waals surface area (Å²) in [7, 11) is 0. The van der Waals surface area contributed by atoms with Crippen LogP contribution < -0.4 is 10.9 Å². The van der Waals surface area contributed by atoms with E-state index in [2.05, 4.69) is 5.32 Å². The van der Waals surface area contributed by atoms with Gasteiger partial charge in [-0.2, -0.15) is 0 Å². The maximum absolute atomic E-state index is 13.4. The van der Waals surface area contributed by atoms with Crippen LogP contribution in [0.4, 0.5) is 5.69 Å². The molecule has 1 aromatic heterocycles. The molecule has 30 heavy (non-hydrogen) atoms. The smallest absolute Gasteiger partial charge is 0.268 e. The van der Waals surface area contributed by atoms with E-state index in [1.54, 1.807) is 54.7 Å². The Balaban J connectivity index is 1.93. The summed E-state index contributed by atoms with van der Waals surface area (Å²) >= 11 is 6.18. The minimum absolute atomic E-state index is 0.0163. The van der Waals surface area contributed by atoms with Gasteiger partial charge in [-0.25, -0.2) is 0 Å². The Morgan fingerprint density at radius 1 is 1.00 bits per heavy atom. The number of halogens is 1. The third-order valence-corrected chi connectivity index (χ3v) is 5.63. The highest BCUT2D eigenvalue weighted by molar-refractivity contribution is 6.34. The third kappa shape index (κ3) is 3.68. The Hall–Kier alpha value is -3.18. The zero-order chi connectivity index (χ0) is 21.5.